The number of alkyl halides is 2. The van der Waals surface area contributed by atoms with E-state index >= 15 is 0 Å². The molecular formula is C12H16F2NO6P. The Hall–Kier alpha value is -1.41. The average Bonchev–Trinajstić information content (AvgIpc) is 2.45. The molecule has 0 N–H and O–H groups in total. The summed E-state index contributed by atoms with van der Waals surface area (Å²) in [5.74, 6) is 0. The van der Waals surface area contributed by atoms with Crippen molar-refractivity contribution in [3.05, 3.63) is 39.9 Å². The summed E-state index contributed by atoms with van der Waals surface area (Å²) in [5.41, 5.74) is -0.324. The van der Waals surface area contributed by atoms with Crippen molar-refractivity contribution >= 4 is 13.5 Å². The molecule has 0 unspecified atom stereocenters. The molecule has 22 heavy (non-hydrogen) atoms. The van der Waals surface area contributed by atoms with Crippen LogP contribution in [-0.2, 0) is 18.1 Å². The van der Waals surface area contributed by atoms with Gasteiger partial charge in [0.05, 0.1) is 18.1 Å². The fourth-order valence-electron chi connectivity index (χ4n) is 1.59. The largest absolute Gasteiger partial charge is 0.475 e. The van der Waals surface area contributed by atoms with E-state index in [4.69, 9.17) is 13.6 Å². The minimum absolute atomic E-state index is 0.0481. The number of rotatable bonds is 9. The monoisotopic (exact) mass is 339 g/mol. The highest BCUT2D eigenvalue weighted by Crippen LogP contribution is 2.54. The first-order valence-electron chi connectivity index (χ1n) is 6.43. The van der Waals surface area contributed by atoms with Crippen molar-refractivity contribution in [3.8, 4) is 0 Å². The van der Waals surface area contributed by atoms with Gasteiger partial charge in [0.15, 0.2) is 6.10 Å². The van der Waals surface area contributed by atoms with Gasteiger partial charge in [-0.1, -0.05) is 0 Å². The van der Waals surface area contributed by atoms with E-state index in [1.54, 1.807) is 0 Å². The SMILES string of the molecule is CCOP(=O)(OCC)O[C@@H](c1ccc([N+](=O)[O-])cc1)C(F)F. The quantitative estimate of drug-likeness (QED) is 0.382. The lowest BCUT2D eigenvalue weighted by atomic mass is 10.1. The van der Waals surface area contributed by atoms with Crippen LogP contribution in [0.1, 0.15) is 25.5 Å². The molecule has 0 saturated heterocycles. The van der Waals surface area contributed by atoms with Crippen LogP contribution < -0.4 is 0 Å². The van der Waals surface area contributed by atoms with Gasteiger partial charge < -0.3 is 0 Å². The van der Waals surface area contributed by atoms with E-state index in [9.17, 15) is 23.5 Å². The number of phosphoric ester groups is 1. The van der Waals surface area contributed by atoms with E-state index in [2.05, 4.69) is 0 Å². The summed E-state index contributed by atoms with van der Waals surface area (Å²) in [6, 6.07) is 4.33. The zero-order valence-corrected chi connectivity index (χ0v) is 12.9. The van der Waals surface area contributed by atoms with Gasteiger partial charge in [0.25, 0.3) is 12.1 Å². The molecule has 0 aromatic heterocycles. The van der Waals surface area contributed by atoms with Gasteiger partial charge in [-0.3, -0.25) is 23.7 Å². The van der Waals surface area contributed by atoms with Crippen LogP contribution in [-0.4, -0.2) is 24.6 Å². The maximum atomic E-state index is 13.2. The van der Waals surface area contributed by atoms with Crippen LogP contribution in [0.4, 0.5) is 14.5 Å². The Morgan fingerprint density at radius 1 is 1.18 bits per heavy atom. The average molecular weight is 339 g/mol. The van der Waals surface area contributed by atoms with E-state index in [1.807, 2.05) is 0 Å². The third-order valence-electron chi connectivity index (χ3n) is 2.48. The summed E-state index contributed by atoms with van der Waals surface area (Å²) in [6.07, 6.45) is -4.90. The van der Waals surface area contributed by atoms with E-state index < -0.39 is 25.3 Å². The Morgan fingerprint density at radius 3 is 2.05 bits per heavy atom. The van der Waals surface area contributed by atoms with Gasteiger partial charge in [-0.2, -0.15) is 0 Å². The maximum absolute atomic E-state index is 13.2. The van der Waals surface area contributed by atoms with Crippen molar-refractivity contribution in [2.45, 2.75) is 26.4 Å². The molecule has 1 atom stereocenters. The fraction of sp³-hybridized carbons (Fsp3) is 0.500. The molecule has 7 nitrogen and oxygen atoms in total. The molecule has 1 aromatic rings. The van der Waals surface area contributed by atoms with E-state index in [1.165, 1.54) is 13.8 Å². The Labute approximate surface area is 125 Å². The topological polar surface area (TPSA) is 87.9 Å². The van der Waals surface area contributed by atoms with Gasteiger partial charge in [0.2, 0.25) is 0 Å². The molecule has 0 aliphatic carbocycles. The number of nitrogens with zero attached hydrogens (tertiary/aromatic N) is 1. The van der Waals surface area contributed by atoms with Crippen molar-refractivity contribution in [3.63, 3.8) is 0 Å². The molecule has 0 spiro atoms. The van der Waals surface area contributed by atoms with Crippen molar-refractivity contribution in [2.75, 3.05) is 13.2 Å². The number of nitro benzene ring substituents is 1. The molecule has 0 heterocycles. The van der Waals surface area contributed by atoms with E-state index in [0.29, 0.717) is 0 Å². The summed E-state index contributed by atoms with van der Waals surface area (Å²) >= 11 is 0. The Bertz CT molecular complexity index is 529. The molecule has 1 rings (SSSR count). The molecule has 0 aliphatic rings. The highest BCUT2D eigenvalue weighted by Gasteiger charge is 2.35. The molecule has 10 heteroatoms. The van der Waals surface area contributed by atoms with Crippen LogP contribution in [0.5, 0.6) is 0 Å². The zero-order chi connectivity index (χ0) is 16.8. The number of nitro groups is 1. The third-order valence-corrected chi connectivity index (χ3v) is 4.11. The Balaban J connectivity index is 3.02. The molecule has 1 aromatic carbocycles. The summed E-state index contributed by atoms with van der Waals surface area (Å²) < 4.78 is 53.0. The van der Waals surface area contributed by atoms with Crippen LogP contribution in [0.3, 0.4) is 0 Å². The molecule has 0 bridgehead atoms. The van der Waals surface area contributed by atoms with E-state index in [-0.39, 0.29) is 24.5 Å². The van der Waals surface area contributed by atoms with Gasteiger partial charge in [0.1, 0.15) is 0 Å². The molecule has 0 fully saturated rings. The third kappa shape index (κ3) is 5.10. The van der Waals surface area contributed by atoms with Gasteiger partial charge in [-0.15, -0.1) is 0 Å². The Morgan fingerprint density at radius 2 is 1.68 bits per heavy atom. The molecule has 0 amide bonds. The highest BCUT2D eigenvalue weighted by atomic mass is 31.2. The van der Waals surface area contributed by atoms with Crippen LogP contribution in [0, 0.1) is 10.1 Å². The second-order valence-corrected chi connectivity index (χ2v) is 5.61. The predicted molar refractivity (Wildman–Crippen MR) is 73.8 cm³/mol. The number of non-ortho nitro benzene ring substituents is 1. The van der Waals surface area contributed by atoms with Crippen molar-refractivity contribution in [1.29, 1.82) is 0 Å². The first kappa shape index (κ1) is 18.6. The molecule has 0 radical (unpaired) electrons. The summed E-state index contributed by atoms with van der Waals surface area (Å²) in [7, 11) is -4.14. The first-order chi connectivity index (χ1) is 10.3. The van der Waals surface area contributed by atoms with Crippen molar-refractivity contribution in [1.82, 2.24) is 0 Å². The summed E-state index contributed by atoms with van der Waals surface area (Å²) in [5, 5.41) is 10.6. The van der Waals surface area contributed by atoms with E-state index in [0.717, 1.165) is 24.3 Å². The minimum Gasteiger partial charge on any atom is -0.287 e. The minimum atomic E-state index is -4.14. The smallest absolute Gasteiger partial charge is 0.287 e. The van der Waals surface area contributed by atoms with Crippen molar-refractivity contribution in [2.24, 2.45) is 0 Å². The highest BCUT2D eigenvalue weighted by molar-refractivity contribution is 7.48. The number of hydrogen-bond donors (Lipinski definition) is 0. The first-order valence-corrected chi connectivity index (χ1v) is 7.89. The second kappa shape index (κ2) is 8.28. The molecule has 0 saturated carbocycles. The van der Waals surface area contributed by atoms with Gasteiger partial charge in [0, 0.05) is 12.1 Å². The van der Waals surface area contributed by atoms with Crippen molar-refractivity contribution < 1.29 is 31.8 Å². The number of phosphoric acid groups is 1. The lowest BCUT2D eigenvalue weighted by Gasteiger charge is -2.23. The summed E-state index contributed by atoms with van der Waals surface area (Å²) in [4.78, 5) is 9.90. The van der Waals surface area contributed by atoms with Crippen LogP contribution in [0.15, 0.2) is 24.3 Å². The van der Waals surface area contributed by atoms with Gasteiger partial charge >= 0.3 is 7.82 Å². The predicted octanol–water partition coefficient (Wildman–Crippen LogP) is 4.10. The van der Waals surface area contributed by atoms with Gasteiger partial charge in [-0.05, 0) is 31.5 Å². The number of benzene rings is 1. The summed E-state index contributed by atoms with van der Waals surface area (Å²) in [6.45, 7) is 2.93. The normalized spacial score (nSPS) is 13.3. The Kier molecular flexibility index (Phi) is 7.02. The second-order valence-electron chi connectivity index (χ2n) is 3.99. The van der Waals surface area contributed by atoms with Crippen LogP contribution in [0.2, 0.25) is 0 Å². The zero-order valence-electron chi connectivity index (χ0n) is 12.0. The molecular weight excluding hydrogens is 323 g/mol. The standard InChI is InChI=1S/C12H16F2NO6P/c1-3-19-22(18,20-4-2)21-11(12(13)14)9-5-7-10(8-6-9)15(16)17/h5-8,11-12H,3-4H2,1-2H3/t11-/m0/s1. The van der Waals surface area contributed by atoms with Crippen LogP contribution >= 0.6 is 7.82 Å². The lowest BCUT2D eigenvalue weighted by molar-refractivity contribution is -0.384. The maximum Gasteiger partial charge on any atom is 0.475 e. The van der Waals surface area contributed by atoms with Crippen LogP contribution in [0.25, 0.3) is 0 Å². The van der Waals surface area contributed by atoms with Gasteiger partial charge in [-0.25, -0.2) is 13.3 Å². The molecule has 124 valence electrons. The molecule has 0 aliphatic heterocycles. The fourth-order valence-corrected chi connectivity index (χ4v) is 2.91. The lowest BCUT2D eigenvalue weighted by Crippen LogP contribution is -2.14. The number of halogens is 2. The number of hydrogen-bond acceptors (Lipinski definition) is 6.